The van der Waals surface area contributed by atoms with E-state index in [0.29, 0.717) is 17.4 Å². The molecule has 2 atom stereocenters. The third-order valence-corrected chi connectivity index (χ3v) is 8.97. The predicted molar refractivity (Wildman–Crippen MR) is 137 cm³/mol. The molecule has 3 heteroatoms. The van der Waals surface area contributed by atoms with Crippen LogP contribution in [0.3, 0.4) is 0 Å². The Hall–Kier alpha value is -2.03. The maximum absolute atomic E-state index is 6.40. The largest absolute Gasteiger partial charge is 0.488 e. The van der Waals surface area contributed by atoms with Gasteiger partial charge < -0.3 is 10.1 Å². The van der Waals surface area contributed by atoms with Gasteiger partial charge in [0.2, 0.25) is 0 Å². The van der Waals surface area contributed by atoms with Crippen molar-refractivity contribution in [3.05, 3.63) is 76.8 Å². The second-order valence-corrected chi connectivity index (χ2v) is 12.3. The molecule has 33 heavy (non-hydrogen) atoms. The van der Waals surface area contributed by atoms with E-state index in [1.54, 1.807) is 0 Å². The lowest BCUT2D eigenvalue weighted by Gasteiger charge is -2.65. The molecule has 4 fully saturated rings. The van der Waals surface area contributed by atoms with Crippen molar-refractivity contribution in [2.24, 2.45) is 16.7 Å². The first-order valence-corrected chi connectivity index (χ1v) is 12.8. The summed E-state index contributed by atoms with van der Waals surface area (Å²) in [7, 11) is 0. The van der Waals surface area contributed by atoms with Gasteiger partial charge in [-0.3, -0.25) is 0 Å². The van der Waals surface area contributed by atoms with Gasteiger partial charge in [0.1, 0.15) is 12.4 Å². The van der Waals surface area contributed by atoms with Gasteiger partial charge in [-0.1, -0.05) is 74.0 Å². The van der Waals surface area contributed by atoms with Crippen molar-refractivity contribution in [1.29, 1.82) is 0 Å². The number of hydrogen-bond acceptors (Lipinski definition) is 2. The Morgan fingerprint density at radius 2 is 1.61 bits per heavy atom. The number of nitrogens with one attached hydrogen (secondary N) is 1. The van der Waals surface area contributed by atoms with Crippen LogP contribution in [0.2, 0.25) is 5.02 Å². The highest BCUT2D eigenvalue weighted by atomic mass is 35.5. The average Bonchev–Trinajstić information content (AvgIpc) is 2.75. The summed E-state index contributed by atoms with van der Waals surface area (Å²) in [5.41, 5.74) is 3.56. The minimum absolute atomic E-state index is 0.264. The molecule has 7 rings (SSSR count). The molecule has 4 bridgehead atoms. The van der Waals surface area contributed by atoms with Crippen LogP contribution in [0.15, 0.2) is 60.7 Å². The van der Waals surface area contributed by atoms with Crippen molar-refractivity contribution >= 4 is 22.4 Å². The number of fused-ring (bicyclic) bond motifs is 1. The van der Waals surface area contributed by atoms with Crippen molar-refractivity contribution in [3.63, 3.8) is 0 Å². The second-order valence-electron chi connectivity index (χ2n) is 11.9. The molecular formula is C30H34ClNO. The SMILES string of the molecule is CC12CC3CC(C)(C1)CC(NCc1c(OCc4ccccc4Cl)ccc4ccccc14)(C3)C2. The Labute approximate surface area is 202 Å². The van der Waals surface area contributed by atoms with Gasteiger partial charge in [-0.2, -0.15) is 0 Å². The fourth-order valence-electron chi connectivity index (χ4n) is 8.33. The summed E-state index contributed by atoms with van der Waals surface area (Å²) in [5.74, 6) is 1.84. The molecule has 4 saturated carbocycles. The zero-order chi connectivity index (χ0) is 22.7. The molecule has 0 saturated heterocycles. The van der Waals surface area contributed by atoms with Crippen LogP contribution >= 0.6 is 11.6 Å². The minimum Gasteiger partial charge on any atom is -0.488 e. The summed E-state index contributed by atoms with van der Waals surface area (Å²) in [6, 6.07) is 20.9. The van der Waals surface area contributed by atoms with E-state index in [1.807, 2.05) is 24.3 Å². The normalized spacial score (nSPS) is 32.4. The van der Waals surface area contributed by atoms with Gasteiger partial charge in [0.05, 0.1) is 0 Å². The quantitative estimate of drug-likeness (QED) is 0.404. The van der Waals surface area contributed by atoms with Gasteiger partial charge in [0.15, 0.2) is 0 Å². The predicted octanol–water partition coefficient (Wildman–Crippen LogP) is 7.91. The summed E-state index contributed by atoms with van der Waals surface area (Å²) in [6.45, 7) is 6.41. The van der Waals surface area contributed by atoms with Crippen LogP contribution in [0.25, 0.3) is 10.8 Å². The standard InChI is InChI=1S/C30H34ClNO/c1-28-13-21-14-29(2,18-28)20-30(15-21,19-28)32-16-25-24-9-5-3-7-22(24)11-12-27(25)33-17-23-8-4-6-10-26(23)31/h3-12,21,32H,13-20H2,1-2H3. The van der Waals surface area contributed by atoms with Gasteiger partial charge in [-0.05, 0) is 78.2 Å². The van der Waals surface area contributed by atoms with E-state index >= 15 is 0 Å². The van der Waals surface area contributed by atoms with Gasteiger partial charge in [-0.15, -0.1) is 0 Å². The van der Waals surface area contributed by atoms with Gasteiger partial charge in [0.25, 0.3) is 0 Å². The summed E-state index contributed by atoms with van der Waals surface area (Å²) in [6.07, 6.45) is 8.21. The van der Waals surface area contributed by atoms with E-state index in [9.17, 15) is 0 Å². The lowest BCUT2D eigenvalue weighted by molar-refractivity contribution is -0.118. The monoisotopic (exact) mass is 459 g/mol. The van der Waals surface area contributed by atoms with Gasteiger partial charge in [0, 0.05) is 28.2 Å². The van der Waals surface area contributed by atoms with Crippen LogP contribution < -0.4 is 10.1 Å². The fourth-order valence-corrected chi connectivity index (χ4v) is 8.52. The second kappa shape index (κ2) is 7.75. The number of halogens is 1. The molecule has 3 aromatic rings. The van der Waals surface area contributed by atoms with Crippen molar-refractivity contribution in [2.45, 2.75) is 71.1 Å². The van der Waals surface area contributed by atoms with Crippen molar-refractivity contribution < 1.29 is 4.74 Å². The Balaban J connectivity index is 1.30. The summed E-state index contributed by atoms with van der Waals surface area (Å²) < 4.78 is 6.40. The molecule has 1 N–H and O–H groups in total. The topological polar surface area (TPSA) is 21.3 Å². The Morgan fingerprint density at radius 1 is 0.879 bits per heavy atom. The van der Waals surface area contributed by atoms with E-state index < -0.39 is 0 Å². The summed E-state index contributed by atoms with van der Waals surface area (Å²) >= 11 is 6.40. The first kappa shape index (κ1) is 21.5. The summed E-state index contributed by atoms with van der Waals surface area (Å²) in [4.78, 5) is 0. The lowest BCUT2D eigenvalue weighted by atomic mass is 9.43. The van der Waals surface area contributed by atoms with E-state index in [1.165, 1.54) is 54.9 Å². The van der Waals surface area contributed by atoms with Crippen LogP contribution in [0.1, 0.15) is 63.5 Å². The van der Waals surface area contributed by atoms with Gasteiger partial charge >= 0.3 is 0 Å². The smallest absolute Gasteiger partial charge is 0.124 e. The molecule has 172 valence electrons. The molecule has 2 unspecified atom stereocenters. The fraction of sp³-hybridized carbons (Fsp3) is 0.467. The maximum atomic E-state index is 6.40. The number of rotatable bonds is 6. The third kappa shape index (κ3) is 3.96. The molecule has 4 aliphatic carbocycles. The molecule has 0 aromatic heterocycles. The van der Waals surface area contributed by atoms with Crippen LogP contribution in [0.4, 0.5) is 0 Å². The van der Waals surface area contributed by atoms with Crippen molar-refractivity contribution in [2.75, 3.05) is 0 Å². The van der Waals surface area contributed by atoms with E-state index in [-0.39, 0.29) is 5.54 Å². The van der Waals surface area contributed by atoms with Crippen molar-refractivity contribution in [3.8, 4) is 5.75 Å². The zero-order valence-electron chi connectivity index (χ0n) is 19.8. The zero-order valence-corrected chi connectivity index (χ0v) is 20.5. The van der Waals surface area contributed by atoms with Gasteiger partial charge in [-0.25, -0.2) is 0 Å². The average molecular weight is 460 g/mol. The molecule has 0 spiro atoms. The van der Waals surface area contributed by atoms with Crippen molar-refractivity contribution in [1.82, 2.24) is 5.32 Å². The Kier molecular flexibility index (Phi) is 5.05. The van der Waals surface area contributed by atoms with Crippen LogP contribution in [-0.4, -0.2) is 5.54 Å². The molecule has 0 aliphatic heterocycles. The van der Waals surface area contributed by atoms with Crippen LogP contribution in [-0.2, 0) is 13.2 Å². The van der Waals surface area contributed by atoms with Crippen LogP contribution in [0, 0.1) is 16.7 Å². The number of hydrogen-bond donors (Lipinski definition) is 1. The minimum atomic E-state index is 0.264. The van der Waals surface area contributed by atoms with E-state index in [0.717, 1.165) is 28.8 Å². The highest BCUT2D eigenvalue weighted by Gasteiger charge is 2.59. The van der Waals surface area contributed by atoms with E-state index in [4.69, 9.17) is 16.3 Å². The Morgan fingerprint density at radius 3 is 2.36 bits per heavy atom. The molecule has 3 aromatic carbocycles. The molecule has 0 amide bonds. The molecular weight excluding hydrogens is 426 g/mol. The molecule has 0 heterocycles. The molecule has 0 radical (unpaired) electrons. The highest BCUT2D eigenvalue weighted by molar-refractivity contribution is 6.31. The summed E-state index contributed by atoms with van der Waals surface area (Å²) in [5, 5.41) is 7.44. The number of ether oxygens (including phenoxy) is 1. The van der Waals surface area contributed by atoms with Crippen LogP contribution in [0.5, 0.6) is 5.75 Å². The highest BCUT2D eigenvalue weighted by Crippen LogP contribution is 2.66. The van der Waals surface area contributed by atoms with E-state index in [2.05, 4.69) is 55.6 Å². The maximum Gasteiger partial charge on any atom is 0.124 e. The molecule has 4 aliphatic rings. The first-order chi connectivity index (χ1) is 15.8. The molecule has 2 nitrogen and oxygen atoms in total. The number of benzene rings is 3. The lowest BCUT2D eigenvalue weighted by Crippen LogP contribution is -2.63. The third-order valence-electron chi connectivity index (χ3n) is 8.61. The first-order valence-electron chi connectivity index (χ1n) is 12.5. The Bertz CT molecular complexity index is 1180.